The Balaban J connectivity index is 0.000000341. The van der Waals surface area contributed by atoms with Gasteiger partial charge in [-0.05, 0) is 81.0 Å². The molecule has 3 aromatic rings. The maximum Gasteiger partial charge on any atom is 0.251 e. The van der Waals surface area contributed by atoms with E-state index in [9.17, 15) is 33.9 Å². The van der Waals surface area contributed by atoms with Crippen molar-refractivity contribution in [1.29, 1.82) is 0 Å². The van der Waals surface area contributed by atoms with Crippen LogP contribution in [0, 0.1) is 11.8 Å². The van der Waals surface area contributed by atoms with Crippen LogP contribution in [0.3, 0.4) is 0 Å². The fourth-order valence-corrected chi connectivity index (χ4v) is 8.90. The molecule has 1 aliphatic carbocycles. The zero-order chi connectivity index (χ0) is 47.5. The second-order valence-corrected chi connectivity index (χ2v) is 18.0. The summed E-state index contributed by atoms with van der Waals surface area (Å²) in [6, 6.07) is 25.1. The van der Waals surface area contributed by atoms with Gasteiger partial charge in [0.25, 0.3) is 5.91 Å². The van der Waals surface area contributed by atoms with E-state index < -0.39 is 48.3 Å². The second-order valence-electron chi connectivity index (χ2n) is 18.0. The van der Waals surface area contributed by atoms with E-state index in [1.54, 1.807) is 25.8 Å². The van der Waals surface area contributed by atoms with Crippen LogP contribution in [0.4, 0.5) is 0 Å². The van der Waals surface area contributed by atoms with Crippen molar-refractivity contribution < 1.29 is 33.9 Å². The first-order valence-corrected chi connectivity index (χ1v) is 23.7. The molecule has 7 unspecified atom stereocenters. The molecular weight excluding hydrogens is 821 g/mol. The number of nitrogens with two attached hydrogens (primary N) is 1. The highest BCUT2D eigenvalue weighted by molar-refractivity contribution is 5.96. The molecule has 1 aliphatic heterocycles. The highest BCUT2D eigenvalue weighted by Crippen LogP contribution is 2.32. The Hall–Kier alpha value is -5.24. The number of nitrogens with one attached hydrogen (secondary N) is 4. The maximum absolute atomic E-state index is 14.1. The summed E-state index contributed by atoms with van der Waals surface area (Å²) in [5, 5.41) is 21.9. The third-order valence-electron chi connectivity index (χ3n) is 12.7. The monoisotopic (exact) mass is 895 g/mol. The van der Waals surface area contributed by atoms with Crippen LogP contribution in [0.15, 0.2) is 91.0 Å². The Bertz CT molecular complexity index is 1920. The van der Waals surface area contributed by atoms with Gasteiger partial charge in [0.1, 0.15) is 18.2 Å². The third kappa shape index (κ3) is 15.4. The number of carbonyl (C=O) groups is 6. The van der Waals surface area contributed by atoms with Gasteiger partial charge in [-0.25, -0.2) is 0 Å². The van der Waals surface area contributed by atoms with Crippen molar-refractivity contribution in [1.82, 2.24) is 26.2 Å². The fraction of sp³-hybridized carbons (Fsp3) is 0.538. The third-order valence-corrected chi connectivity index (χ3v) is 12.7. The topological polar surface area (TPSA) is 200 Å². The van der Waals surface area contributed by atoms with E-state index in [2.05, 4.69) is 21.3 Å². The van der Waals surface area contributed by atoms with Crippen molar-refractivity contribution in [2.75, 3.05) is 13.6 Å². The number of likely N-dealkylation sites (N-methyl/N-ethyl adjacent to an activating group) is 1. The molecule has 0 spiro atoms. The molecule has 13 nitrogen and oxygen atoms in total. The number of hydrogen-bond acceptors (Lipinski definition) is 9. The highest BCUT2D eigenvalue weighted by Gasteiger charge is 2.42. The summed E-state index contributed by atoms with van der Waals surface area (Å²) in [4.78, 5) is 80.2. The minimum atomic E-state index is -1.34. The van der Waals surface area contributed by atoms with Crippen LogP contribution in [0.5, 0.6) is 0 Å². The zero-order valence-corrected chi connectivity index (χ0v) is 39.3. The van der Waals surface area contributed by atoms with E-state index in [0.717, 1.165) is 48.8 Å². The Morgan fingerprint density at radius 2 is 1.26 bits per heavy atom. The SMILES string of the molecule is CCC(=O)C(CC(C)C)NC(=O)C(O)C(N)Cc1ccccc1.CCC(=O)C(NC(=O)C1CCCN1C(=O)C(NC(=O)C(C)NC)C1CCCCC1)C(c1ccccc1)c1ccccc1. The van der Waals surface area contributed by atoms with Gasteiger partial charge < -0.3 is 37.0 Å². The van der Waals surface area contributed by atoms with Gasteiger partial charge in [-0.15, -0.1) is 0 Å². The van der Waals surface area contributed by atoms with Gasteiger partial charge in [-0.1, -0.05) is 138 Å². The minimum absolute atomic E-state index is 0.0316. The molecule has 65 heavy (non-hydrogen) atoms. The molecule has 3 aromatic carbocycles. The molecule has 2 fully saturated rings. The van der Waals surface area contributed by atoms with Crippen molar-refractivity contribution in [2.24, 2.45) is 17.6 Å². The molecular formula is C52H74N6O7. The van der Waals surface area contributed by atoms with Gasteiger partial charge in [-0.2, -0.15) is 0 Å². The van der Waals surface area contributed by atoms with E-state index in [1.165, 1.54) is 0 Å². The van der Waals surface area contributed by atoms with Crippen LogP contribution < -0.4 is 27.0 Å². The molecule has 5 rings (SSSR count). The number of ketones is 2. The largest absolute Gasteiger partial charge is 0.382 e. The number of Topliss-reactive ketones (excluding diaryl/α,β-unsaturated/α-hetero) is 2. The lowest BCUT2D eigenvalue weighted by Gasteiger charge is -2.36. The maximum atomic E-state index is 14.1. The van der Waals surface area contributed by atoms with Crippen LogP contribution in [-0.4, -0.2) is 101 Å². The predicted molar refractivity (Wildman–Crippen MR) is 255 cm³/mol. The average Bonchev–Trinajstić information content (AvgIpc) is 3.83. The first kappa shape index (κ1) is 52.4. The van der Waals surface area contributed by atoms with Crippen molar-refractivity contribution in [3.8, 4) is 0 Å². The summed E-state index contributed by atoms with van der Waals surface area (Å²) >= 11 is 0. The van der Waals surface area contributed by atoms with Crippen molar-refractivity contribution in [3.05, 3.63) is 108 Å². The van der Waals surface area contributed by atoms with E-state index in [0.29, 0.717) is 38.6 Å². The Morgan fingerprint density at radius 3 is 1.78 bits per heavy atom. The molecule has 0 aromatic heterocycles. The van der Waals surface area contributed by atoms with Gasteiger partial charge in [0.05, 0.1) is 18.1 Å². The standard InChI is InChI=1S/C34H46N4O4.C18H28N2O3/c1-4-28(39)31(29(24-15-8-5-9-16-24)25-17-10-6-11-18-25)37-33(41)27-21-14-22-38(27)34(42)30(26-19-12-7-13-20-26)36-32(40)23(2)35-3;1-4-16(21)15(10-12(2)3)20-18(23)17(22)14(19)11-13-8-6-5-7-9-13/h5-6,8-11,15-18,23,26-27,29-31,35H,4,7,12-14,19-22H2,1-3H3,(H,36,40)(H,37,41);5-9,12,14-15,17,22H,4,10-11,19H2,1-3H3,(H,20,23). The van der Waals surface area contributed by atoms with Gasteiger partial charge in [-0.3, -0.25) is 28.8 Å². The van der Waals surface area contributed by atoms with Crippen LogP contribution in [0.25, 0.3) is 0 Å². The normalized spacial score (nSPS) is 18.0. The van der Waals surface area contributed by atoms with Crippen molar-refractivity contribution in [3.63, 3.8) is 0 Å². The molecule has 7 N–H and O–H groups in total. The van der Waals surface area contributed by atoms with Crippen LogP contribution in [0.2, 0.25) is 0 Å². The number of aliphatic hydroxyl groups is 1. The minimum Gasteiger partial charge on any atom is -0.382 e. The van der Waals surface area contributed by atoms with Crippen LogP contribution >= 0.6 is 0 Å². The molecule has 2 aliphatic rings. The summed E-state index contributed by atoms with van der Waals surface area (Å²) in [5.41, 5.74) is 8.77. The number of likely N-dealkylation sites (tertiary alicyclic amines) is 1. The molecule has 1 saturated carbocycles. The van der Waals surface area contributed by atoms with Gasteiger partial charge in [0.2, 0.25) is 17.7 Å². The Kier molecular flexibility index (Phi) is 21.5. The van der Waals surface area contributed by atoms with E-state index in [4.69, 9.17) is 5.73 Å². The summed E-state index contributed by atoms with van der Waals surface area (Å²) in [6.07, 6.45) is 6.37. The van der Waals surface area contributed by atoms with E-state index in [-0.39, 0.29) is 53.5 Å². The van der Waals surface area contributed by atoms with Gasteiger partial charge in [0.15, 0.2) is 11.6 Å². The number of rotatable bonds is 21. The first-order chi connectivity index (χ1) is 31.2. The van der Waals surface area contributed by atoms with Crippen molar-refractivity contribution in [2.45, 2.75) is 154 Å². The number of amides is 4. The average molecular weight is 895 g/mol. The quantitative estimate of drug-likeness (QED) is 0.0814. The Labute approximate surface area is 386 Å². The van der Waals surface area contributed by atoms with Crippen LogP contribution in [-0.2, 0) is 35.2 Å². The molecule has 13 heteroatoms. The number of hydrogen-bond donors (Lipinski definition) is 6. The lowest BCUT2D eigenvalue weighted by molar-refractivity contribution is -0.143. The summed E-state index contributed by atoms with van der Waals surface area (Å²) in [7, 11) is 1.72. The lowest BCUT2D eigenvalue weighted by atomic mass is 9.82. The molecule has 0 radical (unpaired) electrons. The van der Waals surface area contributed by atoms with Gasteiger partial charge >= 0.3 is 0 Å². The molecule has 0 bridgehead atoms. The number of carbonyl (C=O) groups excluding carboxylic acids is 6. The van der Waals surface area contributed by atoms with E-state index in [1.807, 2.05) is 112 Å². The number of nitrogens with zero attached hydrogens (tertiary/aromatic N) is 1. The van der Waals surface area contributed by atoms with E-state index >= 15 is 0 Å². The number of aliphatic hydroxyl groups excluding tert-OH is 1. The summed E-state index contributed by atoms with van der Waals surface area (Å²) in [5.74, 6) is -1.47. The molecule has 1 saturated heterocycles. The zero-order valence-electron chi connectivity index (χ0n) is 39.3. The van der Waals surface area contributed by atoms with Crippen molar-refractivity contribution >= 4 is 35.2 Å². The summed E-state index contributed by atoms with van der Waals surface area (Å²) < 4.78 is 0. The van der Waals surface area contributed by atoms with Gasteiger partial charge in [0, 0.05) is 31.3 Å². The Morgan fingerprint density at radius 1 is 0.708 bits per heavy atom. The van der Waals surface area contributed by atoms with Crippen LogP contribution in [0.1, 0.15) is 121 Å². The second kappa shape index (κ2) is 26.7. The molecule has 1 heterocycles. The predicted octanol–water partition coefficient (Wildman–Crippen LogP) is 5.37. The number of benzene rings is 3. The summed E-state index contributed by atoms with van der Waals surface area (Å²) in [6.45, 7) is 9.76. The highest BCUT2D eigenvalue weighted by atomic mass is 16.3. The molecule has 354 valence electrons. The first-order valence-electron chi connectivity index (χ1n) is 23.7. The fourth-order valence-electron chi connectivity index (χ4n) is 8.90. The molecule has 7 atom stereocenters. The lowest BCUT2D eigenvalue weighted by Crippen LogP contribution is -2.59. The molecule has 4 amide bonds. The smallest absolute Gasteiger partial charge is 0.251 e.